The van der Waals surface area contributed by atoms with Crippen LogP contribution in [0.5, 0.6) is 5.75 Å². The number of hydrogen-bond acceptors (Lipinski definition) is 4. The lowest BCUT2D eigenvalue weighted by Crippen LogP contribution is -2.33. The van der Waals surface area contributed by atoms with Crippen LogP contribution in [0, 0.1) is 0 Å². The van der Waals surface area contributed by atoms with Crippen molar-refractivity contribution in [1.82, 2.24) is 5.32 Å². The number of rotatable bonds is 7. The van der Waals surface area contributed by atoms with E-state index in [0.717, 1.165) is 0 Å². The van der Waals surface area contributed by atoms with E-state index in [2.05, 4.69) is 5.32 Å². The zero-order valence-electron chi connectivity index (χ0n) is 10.6. The maximum Gasteiger partial charge on any atom is 0.332 e. The van der Waals surface area contributed by atoms with Gasteiger partial charge in [0.2, 0.25) is 0 Å². The van der Waals surface area contributed by atoms with Crippen molar-refractivity contribution in [3.63, 3.8) is 0 Å². The molecule has 0 bridgehead atoms. The van der Waals surface area contributed by atoms with Crippen LogP contribution in [0.4, 0.5) is 0 Å². The smallest absolute Gasteiger partial charge is 0.332 e. The highest BCUT2D eigenvalue weighted by Crippen LogP contribution is 2.33. The van der Waals surface area contributed by atoms with Crippen molar-refractivity contribution in [3.8, 4) is 5.75 Å². The molecule has 0 fully saturated rings. The second-order valence-corrected chi connectivity index (χ2v) is 5.20. The summed E-state index contributed by atoms with van der Waals surface area (Å²) in [6, 6.07) is 2.77. The molecule has 0 saturated heterocycles. The fourth-order valence-electron chi connectivity index (χ4n) is 1.28. The van der Waals surface area contributed by atoms with Crippen molar-refractivity contribution in [2.24, 2.45) is 0 Å². The van der Waals surface area contributed by atoms with Gasteiger partial charge in [0.1, 0.15) is 5.75 Å². The average Bonchev–Trinajstić information content (AvgIpc) is 2.41. The predicted molar refractivity (Wildman–Crippen MR) is 78.2 cm³/mol. The van der Waals surface area contributed by atoms with Crippen molar-refractivity contribution in [2.45, 2.75) is 12.5 Å². The minimum atomic E-state index is -1.52. The van der Waals surface area contributed by atoms with Gasteiger partial charge in [-0.15, -0.1) is 0 Å². The van der Waals surface area contributed by atoms with E-state index >= 15 is 0 Å². The van der Waals surface area contributed by atoms with Crippen LogP contribution in [0.1, 0.15) is 6.42 Å². The number of carbonyl (C=O) groups is 2. The molecule has 0 saturated carbocycles. The number of carboxylic acid groups (broad SMARTS) is 1. The first-order chi connectivity index (χ1) is 9.81. The summed E-state index contributed by atoms with van der Waals surface area (Å²) in [7, 11) is 0. The summed E-state index contributed by atoms with van der Waals surface area (Å²) in [5, 5.41) is 20.6. The van der Waals surface area contributed by atoms with Crippen molar-refractivity contribution in [2.75, 3.05) is 13.2 Å². The Labute approximate surface area is 135 Å². The second-order valence-electron chi connectivity index (χ2n) is 3.98. The fourth-order valence-corrected chi connectivity index (χ4v) is 1.87. The van der Waals surface area contributed by atoms with Crippen molar-refractivity contribution < 1.29 is 24.5 Å². The first-order valence-corrected chi connectivity index (χ1v) is 6.89. The summed E-state index contributed by atoms with van der Waals surface area (Å²) >= 11 is 17.4. The van der Waals surface area contributed by atoms with Gasteiger partial charge in [-0.3, -0.25) is 4.79 Å². The molecule has 1 aromatic rings. The Balaban J connectivity index is 2.40. The van der Waals surface area contributed by atoms with E-state index in [1.807, 2.05) is 0 Å². The van der Waals surface area contributed by atoms with Gasteiger partial charge in [0.15, 0.2) is 12.7 Å². The molecule has 1 rings (SSSR count). The Morgan fingerprint density at radius 1 is 1.19 bits per heavy atom. The molecule has 116 valence electrons. The molecule has 1 atom stereocenters. The summed E-state index contributed by atoms with van der Waals surface area (Å²) < 4.78 is 5.17. The van der Waals surface area contributed by atoms with E-state index in [-0.39, 0.29) is 40.4 Å². The van der Waals surface area contributed by atoms with E-state index < -0.39 is 18.0 Å². The van der Waals surface area contributed by atoms with Crippen LogP contribution < -0.4 is 10.1 Å². The minimum Gasteiger partial charge on any atom is -0.482 e. The summed E-state index contributed by atoms with van der Waals surface area (Å²) in [5.74, 6) is -1.63. The third-order valence-corrected chi connectivity index (χ3v) is 3.38. The maximum absolute atomic E-state index is 11.5. The van der Waals surface area contributed by atoms with Gasteiger partial charge < -0.3 is 20.3 Å². The van der Waals surface area contributed by atoms with E-state index in [1.165, 1.54) is 12.1 Å². The highest BCUT2D eigenvalue weighted by atomic mass is 35.5. The summed E-state index contributed by atoms with van der Waals surface area (Å²) in [6.45, 7) is -0.328. The number of hydrogen-bond donors (Lipinski definition) is 3. The number of halogens is 3. The maximum atomic E-state index is 11.5. The third-order valence-electron chi connectivity index (χ3n) is 2.36. The highest BCUT2D eigenvalue weighted by Gasteiger charge is 2.13. The van der Waals surface area contributed by atoms with Crippen molar-refractivity contribution in [1.29, 1.82) is 0 Å². The molecule has 0 radical (unpaired) electrons. The molecule has 0 aliphatic carbocycles. The molecule has 1 amide bonds. The van der Waals surface area contributed by atoms with E-state index in [0.29, 0.717) is 0 Å². The number of carboxylic acids is 1. The molecule has 0 aromatic heterocycles. The number of aliphatic hydroxyl groups is 1. The Morgan fingerprint density at radius 2 is 1.81 bits per heavy atom. The predicted octanol–water partition coefficient (Wildman–Crippen LogP) is 1.98. The Hall–Kier alpha value is -1.21. The first kappa shape index (κ1) is 17.8. The van der Waals surface area contributed by atoms with Gasteiger partial charge in [-0.05, 0) is 6.07 Å². The molecule has 0 heterocycles. The summed E-state index contributed by atoms with van der Waals surface area (Å²) in [4.78, 5) is 21.8. The molecule has 3 N–H and O–H groups in total. The molecular formula is C12H12Cl3NO5. The number of nitrogens with one attached hydrogen (secondary N) is 1. The van der Waals surface area contributed by atoms with E-state index in [9.17, 15) is 9.59 Å². The average molecular weight is 357 g/mol. The van der Waals surface area contributed by atoms with Crippen LogP contribution in [-0.4, -0.2) is 41.3 Å². The zero-order valence-corrected chi connectivity index (χ0v) is 12.9. The fraction of sp³-hybridized carbons (Fsp3) is 0.333. The topological polar surface area (TPSA) is 95.9 Å². The molecule has 21 heavy (non-hydrogen) atoms. The Kier molecular flexibility index (Phi) is 7.04. The van der Waals surface area contributed by atoms with E-state index in [1.54, 1.807) is 0 Å². The van der Waals surface area contributed by atoms with Gasteiger partial charge in [-0.1, -0.05) is 34.8 Å². The lowest BCUT2D eigenvalue weighted by Gasteiger charge is -2.10. The minimum absolute atomic E-state index is 0.00473. The molecule has 9 heteroatoms. The number of carbonyl (C=O) groups excluding carboxylic acids is 1. The number of ether oxygens (including phenoxy) is 1. The van der Waals surface area contributed by atoms with Crippen molar-refractivity contribution >= 4 is 46.7 Å². The quantitative estimate of drug-likeness (QED) is 0.649. The van der Waals surface area contributed by atoms with Gasteiger partial charge in [0.25, 0.3) is 5.91 Å². The normalized spacial score (nSPS) is 11.8. The van der Waals surface area contributed by atoms with Crippen LogP contribution in [0.3, 0.4) is 0 Å². The van der Waals surface area contributed by atoms with Crippen LogP contribution >= 0.6 is 34.8 Å². The van der Waals surface area contributed by atoms with Crippen LogP contribution in [-0.2, 0) is 9.59 Å². The van der Waals surface area contributed by atoms with Gasteiger partial charge in [0.05, 0.1) is 15.1 Å². The Morgan fingerprint density at radius 3 is 2.43 bits per heavy atom. The monoisotopic (exact) mass is 355 g/mol. The molecule has 0 spiro atoms. The first-order valence-electron chi connectivity index (χ1n) is 5.76. The third kappa shape index (κ3) is 5.97. The molecular weight excluding hydrogens is 344 g/mol. The second kappa shape index (κ2) is 8.29. The zero-order chi connectivity index (χ0) is 16.0. The number of benzene rings is 1. The standard InChI is InChI=1S/C12H12Cl3NO5/c13-6-3-8(15)10(4-7(6)14)21-5-11(18)16-2-1-9(17)12(19)20/h3-4,9,17H,1-2,5H2,(H,16,18)(H,19,20). The SMILES string of the molecule is O=C(COc1cc(Cl)c(Cl)cc1Cl)NCCC(O)C(=O)O. The van der Waals surface area contributed by atoms with Gasteiger partial charge in [-0.25, -0.2) is 4.79 Å². The van der Waals surface area contributed by atoms with Crippen LogP contribution in [0.25, 0.3) is 0 Å². The van der Waals surface area contributed by atoms with E-state index in [4.69, 9.17) is 49.8 Å². The summed E-state index contributed by atoms with van der Waals surface area (Å²) in [6.07, 6.45) is -1.62. The van der Waals surface area contributed by atoms with Gasteiger partial charge in [-0.2, -0.15) is 0 Å². The van der Waals surface area contributed by atoms with Crippen LogP contribution in [0.15, 0.2) is 12.1 Å². The molecule has 0 aliphatic rings. The van der Waals surface area contributed by atoms with Gasteiger partial charge in [0, 0.05) is 19.0 Å². The highest BCUT2D eigenvalue weighted by molar-refractivity contribution is 6.43. The largest absolute Gasteiger partial charge is 0.482 e. The number of amides is 1. The Bertz CT molecular complexity index is 538. The molecule has 6 nitrogen and oxygen atoms in total. The summed E-state index contributed by atoms with van der Waals surface area (Å²) in [5.41, 5.74) is 0. The van der Waals surface area contributed by atoms with Crippen LogP contribution in [0.2, 0.25) is 15.1 Å². The number of aliphatic hydroxyl groups excluding tert-OH is 1. The lowest BCUT2D eigenvalue weighted by atomic mass is 10.2. The molecule has 1 aromatic carbocycles. The molecule has 0 aliphatic heterocycles. The lowest BCUT2D eigenvalue weighted by molar-refractivity contribution is -0.147. The van der Waals surface area contributed by atoms with Crippen molar-refractivity contribution in [3.05, 3.63) is 27.2 Å². The molecule has 1 unspecified atom stereocenters. The van der Waals surface area contributed by atoms with Gasteiger partial charge >= 0.3 is 5.97 Å². The number of aliphatic carboxylic acids is 1.